The van der Waals surface area contributed by atoms with E-state index in [0.29, 0.717) is 23.1 Å². The Bertz CT molecular complexity index is 1240. The van der Waals surface area contributed by atoms with Crippen molar-refractivity contribution in [2.75, 3.05) is 11.9 Å². The zero-order valence-electron chi connectivity index (χ0n) is 17.1. The van der Waals surface area contributed by atoms with Gasteiger partial charge in [-0.1, -0.05) is 22.4 Å². The average Bonchev–Trinajstić information content (AvgIpc) is 3.00. The maximum Gasteiger partial charge on any atom is 0.338 e. The summed E-state index contributed by atoms with van der Waals surface area (Å²) < 4.78 is 7.84. The van der Waals surface area contributed by atoms with E-state index in [1.807, 2.05) is 19.1 Å². The van der Waals surface area contributed by atoms with Crippen molar-refractivity contribution in [2.24, 2.45) is 0 Å². The Morgan fingerprint density at radius 2 is 2.00 bits per heavy atom. The summed E-state index contributed by atoms with van der Waals surface area (Å²) in [6.45, 7) is 2.18. The molecular formula is C23H22BrN3O4. The molecule has 0 spiro atoms. The van der Waals surface area contributed by atoms with Crippen molar-refractivity contribution in [1.29, 1.82) is 0 Å². The summed E-state index contributed by atoms with van der Waals surface area (Å²) >= 11 is 3.41. The van der Waals surface area contributed by atoms with E-state index in [4.69, 9.17) is 4.74 Å². The Morgan fingerprint density at radius 1 is 1.16 bits per heavy atom. The van der Waals surface area contributed by atoms with Crippen LogP contribution in [-0.4, -0.2) is 28.0 Å². The van der Waals surface area contributed by atoms with Crippen LogP contribution in [0.15, 0.2) is 45.7 Å². The molecule has 2 heterocycles. The fourth-order valence-corrected chi connectivity index (χ4v) is 3.93. The van der Waals surface area contributed by atoms with Crippen molar-refractivity contribution >= 4 is 44.4 Å². The minimum atomic E-state index is -0.638. The first-order valence-electron chi connectivity index (χ1n) is 10.2. The number of hydrogen-bond acceptors (Lipinski definition) is 5. The van der Waals surface area contributed by atoms with Gasteiger partial charge in [0.25, 0.3) is 11.5 Å². The lowest BCUT2D eigenvalue weighted by atomic mass is 10.1. The molecule has 0 radical (unpaired) electrons. The average molecular weight is 484 g/mol. The van der Waals surface area contributed by atoms with Crippen LogP contribution in [0.4, 0.5) is 5.69 Å². The largest absolute Gasteiger partial charge is 0.452 e. The minimum absolute atomic E-state index is 0.0778. The van der Waals surface area contributed by atoms with E-state index in [1.54, 1.807) is 22.8 Å². The Hall–Kier alpha value is -3.00. The number of nitrogens with zero attached hydrogens (tertiary/aromatic N) is 2. The summed E-state index contributed by atoms with van der Waals surface area (Å²) in [5.74, 6) is -0.317. The number of halogens is 1. The van der Waals surface area contributed by atoms with Crippen LogP contribution in [0.2, 0.25) is 0 Å². The number of nitrogens with one attached hydrogen (secondary N) is 1. The number of ether oxygens (including phenoxy) is 1. The van der Waals surface area contributed by atoms with Crippen LogP contribution in [0.1, 0.15) is 41.0 Å². The van der Waals surface area contributed by atoms with Gasteiger partial charge >= 0.3 is 5.97 Å². The SMILES string of the molecule is Cc1cc(NC(=O)COC(=O)c2ccc3c(=O)n4c(nc3c2)CCCCC4)ccc1Br. The highest BCUT2D eigenvalue weighted by molar-refractivity contribution is 9.10. The number of aryl methyl sites for hydroxylation is 2. The van der Waals surface area contributed by atoms with Crippen molar-refractivity contribution in [3.63, 3.8) is 0 Å². The smallest absolute Gasteiger partial charge is 0.338 e. The Morgan fingerprint density at radius 3 is 2.81 bits per heavy atom. The van der Waals surface area contributed by atoms with Gasteiger partial charge < -0.3 is 10.1 Å². The summed E-state index contributed by atoms with van der Waals surface area (Å²) in [4.78, 5) is 42.0. The van der Waals surface area contributed by atoms with E-state index in [9.17, 15) is 14.4 Å². The molecule has 0 aliphatic carbocycles. The molecule has 4 rings (SSSR count). The highest BCUT2D eigenvalue weighted by Gasteiger charge is 2.16. The van der Waals surface area contributed by atoms with Gasteiger partial charge in [-0.2, -0.15) is 0 Å². The molecule has 1 aliphatic rings. The van der Waals surface area contributed by atoms with Crippen LogP contribution >= 0.6 is 15.9 Å². The predicted molar refractivity (Wildman–Crippen MR) is 121 cm³/mol. The maximum absolute atomic E-state index is 12.8. The molecule has 0 saturated carbocycles. The van der Waals surface area contributed by atoms with Gasteiger partial charge in [-0.15, -0.1) is 0 Å². The second-order valence-electron chi connectivity index (χ2n) is 7.62. The lowest BCUT2D eigenvalue weighted by Gasteiger charge is -2.11. The Labute approximate surface area is 187 Å². The third-order valence-electron chi connectivity index (χ3n) is 5.33. The van der Waals surface area contributed by atoms with Crippen LogP contribution < -0.4 is 10.9 Å². The molecular weight excluding hydrogens is 462 g/mol. The van der Waals surface area contributed by atoms with Gasteiger partial charge in [0.15, 0.2) is 6.61 Å². The van der Waals surface area contributed by atoms with Crippen LogP contribution in [-0.2, 0) is 22.5 Å². The van der Waals surface area contributed by atoms with Gasteiger partial charge in [-0.25, -0.2) is 9.78 Å². The van der Waals surface area contributed by atoms with Gasteiger partial charge in [0.05, 0.1) is 16.5 Å². The third kappa shape index (κ3) is 4.69. The highest BCUT2D eigenvalue weighted by atomic mass is 79.9. The molecule has 0 unspecified atom stereocenters. The van der Waals surface area contributed by atoms with Crippen LogP contribution in [0.5, 0.6) is 0 Å². The summed E-state index contributed by atoms with van der Waals surface area (Å²) in [5.41, 5.74) is 2.25. The number of esters is 1. The molecule has 31 heavy (non-hydrogen) atoms. The summed E-state index contributed by atoms with van der Waals surface area (Å²) in [5, 5.41) is 3.18. The number of fused-ring (bicyclic) bond motifs is 2. The third-order valence-corrected chi connectivity index (χ3v) is 6.22. The van der Waals surface area contributed by atoms with Crippen molar-refractivity contribution in [3.05, 3.63) is 68.2 Å². The van der Waals surface area contributed by atoms with Gasteiger partial charge in [-0.05, 0) is 61.7 Å². The molecule has 1 aromatic heterocycles. The van der Waals surface area contributed by atoms with E-state index in [-0.39, 0.29) is 11.1 Å². The number of carbonyl (C=O) groups excluding carboxylic acids is 2. The van der Waals surface area contributed by atoms with Gasteiger partial charge in [0.2, 0.25) is 0 Å². The van der Waals surface area contributed by atoms with Crippen LogP contribution in [0.25, 0.3) is 10.9 Å². The lowest BCUT2D eigenvalue weighted by Crippen LogP contribution is -2.25. The summed E-state index contributed by atoms with van der Waals surface area (Å²) in [6, 6.07) is 10.1. The molecule has 8 heteroatoms. The molecule has 3 aromatic rings. The fraction of sp³-hybridized carbons (Fsp3) is 0.304. The van der Waals surface area contributed by atoms with Crippen LogP contribution in [0.3, 0.4) is 0 Å². The molecule has 0 atom stereocenters. The van der Waals surface area contributed by atoms with Crippen LogP contribution in [0, 0.1) is 6.92 Å². The van der Waals surface area contributed by atoms with E-state index in [2.05, 4.69) is 26.2 Å². The van der Waals surface area contributed by atoms with E-state index in [0.717, 1.165) is 41.5 Å². The summed E-state index contributed by atoms with van der Waals surface area (Å²) in [6.07, 6.45) is 3.77. The number of amides is 1. The van der Waals surface area contributed by atoms with Gasteiger partial charge in [-0.3, -0.25) is 14.2 Å². The Kier molecular flexibility index (Phi) is 6.18. The number of benzene rings is 2. The number of rotatable bonds is 4. The van der Waals surface area contributed by atoms with Crippen molar-refractivity contribution < 1.29 is 14.3 Å². The first-order valence-corrected chi connectivity index (χ1v) is 11.0. The normalized spacial score (nSPS) is 13.4. The zero-order valence-corrected chi connectivity index (χ0v) is 18.7. The van der Waals surface area contributed by atoms with E-state index in [1.165, 1.54) is 6.07 Å². The second kappa shape index (κ2) is 9.01. The van der Waals surface area contributed by atoms with Crippen molar-refractivity contribution in [2.45, 2.75) is 39.2 Å². The molecule has 1 amide bonds. The van der Waals surface area contributed by atoms with Gasteiger partial charge in [0.1, 0.15) is 5.82 Å². The fourth-order valence-electron chi connectivity index (χ4n) is 3.68. The first-order chi connectivity index (χ1) is 14.9. The minimum Gasteiger partial charge on any atom is -0.452 e. The molecule has 1 N–H and O–H groups in total. The van der Waals surface area contributed by atoms with E-state index >= 15 is 0 Å². The lowest BCUT2D eigenvalue weighted by molar-refractivity contribution is -0.119. The molecule has 2 aromatic carbocycles. The molecule has 0 bridgehead atoms. The predicted octanol–water partition coefficient (Wildman–Crippen LogP) is 3.99. The topological polar surface area (TPSA) is 90.3 Å². The second-order valence-corrected chi connectivity index (χ2v) is 8.47. The standard InChI is InChI=1S/C23H22BrN3O4/c1-14-11-16(7-9-18(14)24)25-21(28)13-31-23(30)15-6-8-17-19(12-15)26-20-5-3-2-4-10-27(20)22(17)29/h6-9,11-12H,2-5,10,13H2,1H3,(H,25,28). The number of hydrogen-bond donors (Lipinski definition) is 1. The monoisotopic (exact) mass is 483 g/mol. The first kappa shape index (κ1) is 21.2. The van der Waals surface area contributed by atoms with Crippen molar-refractivity contribution in [1.82, 2.24) is 9.55 Å². The van der Waals surface area contributed by atoms with Gasteiger partial charge in [0, 0.05) is 23.1 Å². The van der Waals surface area contributed by atoms with E-state index < -0.39 is 18.5 Å². The summed E-state index contributed by atoms with van der Waals surface area (Å²) in [7, 11) is 0. The quantitative estimate of drug-likeness (QED) is 0.566. The molecule has 0 saturated heterocycles. The Balaban J connectivity index is 1.46. The molecule has 160 valence electrons. The maximum atomic E-state index is 12.8. The zero-order chi connectivity index (χ0) is 22.0. The number of carbonyl (C=O) groups is 2. The highest BCUT2D eigenvalue weighted by Crippen LogP contribution is 2.20. The molecule has 1 aliphatic heterocycles. The number of aromatic nitrogens is 2. The molecule has 7 nitrogen and oxygen atoms in total. The molecule has 0 fully saturated rings. The van der Waals surface area contributed by atoms with Crippen molar-refractivity contribution in [3.8, 4) is 0 Å². The number of anilines is 1.